The molecule has 0 saturated carbocycles. The van der Waals surface area contributed by atoms with Gasteiger partial charge in [0.05, 0.1) is 49.3 Å². The molecule has 36 heavy (non-hydrogen) atoms. The van der Waals surface area contributed by atoms with Gasteiger partial charge in [0.1, 0.15) is 11.5 Å². The number of thioether (sulfide) groups is 1. The van der Waals surface area contributed by atoms with E-state index in [9.17, 15) is 14.4 Å². The minimum absolute atomic E-state index is 0.0561. The first kappa shape index (κ1) is 26.1. The highest BCUT2D eigenvalue weighted by atomic mass is 35.5. The maximum Gasteiger partial charge on any atom is 0.327 e. The maximum absolute atomic E-state index is 13.1. The summed E-state index contributed by atoms with van der Waals surface area (Å²) in [5.41, 5.74) is 1.36. The summed E-state index contributed by atoms with van der Waals surface area (Å²) in [6.45, 7) is 0. The number of rotatable bonds is 7. The van der Waals surface area contributed by atoms with E-state index in [1.807, 2.05) is 24.3 Å². The molecular weight excluding hydrogens is 506 g/mol. The largest absolute Gasteiger partial charge is 0.497 e. The molecule has 12 heteroatoms. The smallest absolute Gasteiger partial charge is 0.327 e. The van der Waals surface area contributed by atoms with Crippen molar-refractivity contribution in [2.24, 2.45) is 5.92 Å². The van der Waals surface area contributed by atoms with Crippen molar-refractivity contribution >= 4 is 46.9 Å². The Morgan fingerprint density at radius 2 is 1.81 bits per heavy atom. The van der Waals surface area contributed by atoms with Gasteiger partial charge in [-0.1, -0.05) is 23.7 Å². The van der Waals surface area contributed by atoms with Crippen molar-refractivity contribution in [1.29, 1.82) is 0 Å². The summed E-state index contributed by atoms with van der Waals surface area (Å²) >= 11 is 7.37. The topological polar surface area (TPSA) is 112 Å². The predicted molar refractivity (Wildman–Crippen MR) is 138 cm³/mol. The van der Waals surface area contributed by atoms with E-state index in [0.29, 0.717) is 22.2 Å². The van der Waals surface area contributed by atoms with Crippen LogP contribution in [0.25, 0.3) is 0 Å². The van der Waals surface area contributed by atoms with Gasteiger partial charge in [-0.3, -0.25) is 25.1 Å². The Morgan fingerprint density at radius 1 is 1.08 bits per heavy atom. The van der Waals surface area contributed by atoms with Crippen molar-refractivity contribution in [2.45, 2.75) is 17.7 Å². The molecule has 2 saturated heterocycles. The fourth-order valence-electron chi connectivity index (χ4n) is 4.32. The molecular formula is C24H28ClN5O5S. The number of amides is 4. The van der Waals surface area contributed by atoms with Crippen molar-refractivity contribution in [2.75, 3.05) is 39.4 Å². The molecule has 10 nitrogen and oxygen atoms in total. The van der Waals surface area contributed by atoms with Crippen LogP contribution in [0.2, 0.25) is 5.02 Å². The molecule has 3 N–H and O–H groups in total. The Labute approximate surface area is 218 Å². The Kier molecular flexibility index (Phi) is 7.94. The number of imide groups is 1. The number of anilines is 1. The SMILES string of the molecule is COc1ccc(C2NC(SCC(=O)Nc3cc(Cl)ccc3OC)C3C(=O)N(C)C(=O)N(C)C3N2)cc1. The number of carbonyl (C=O) groups excluding carboxylic acids is 3. The molecule has 4 amide bonds. The molecule has 2 fully saturated rings. The van der Waals surface area contributed by atoms with Crippen molar-refractivity contribution in [3.63, 3.8) is 0 Å². The molecule has 0 aromatic heterocycles. The third-order valence-corrected chi connectivity index (χ3v) is 7.69. The van der Waals surface area contributed by atoms with Gasteiger partial charge in [0, 0.05) is 19.1 Å². The first-order valence-electron chi connectivity index (χ1n) is 11.2. The first-order chi connectivity index (χ1) is 17.2. The van der Waals surface area contributed by atoms with Crippen molar-refractivity contribution in [3.05, 3.63) is 53.1 Å². The lowest BCUT2D eigenvalue weighted by Crippen LogP contribution is -2.72. The van der Waals surface area contributed by atoms with Crippen molar-refractivity contribution < 1.29 is 23.9 Å². The van der Waals surface area contributed by atoms with Crippen LogP contribution < -0.4 is 25.4 Å². The number of carbonyl (C=O) groups is 3. The lowest BCUT2D eigenvalue weighted by atomic mass is 9.96. The summed E-state index contributed by atoms with van der Waals surface area (Å²) in [7, 11) is 6.23. The molecule has 0 aliphatic carbocycles. The number of hydrogen-bond donors (Lipinski definition) is 3. The van der Waals surface area contributed by atoms with Gasteiger partial charge >= 0.3 is 6.03 Å². The molecule has 4 unspecified atom stereocenters. The van der Waals surface area contributed by atoms with E-state index < -0.39 is 23.5 Å². The number of benzene rings is 2. The molecule has 192 valence electrons. The van der Waals surface area contributed by atoms with Gasteiger partial charge in [0.25, 0.3) is 0 Å². The summed E-state index contributed by atoms with van der Waals surface area (Å²) in [5, 5.41) is 9.65. The van der Waals surface area contributed by atoms with Crippen LogP contribution in [0.1, 0.15) is 11.7 Å². The van der Waals surface area contributed by atoms with Crippen LogP contribution in [0.4, 0.5) is 10.5 Å². The van der Waals surface area contributed by atoms with E-state index in [1.165, 1.54) is 30.8 Å². The Balaban J connectivity index is 1.54. The van der Waals surface area contributed by atoms with E-state index in [4.69, 9.17) is 21.1 Å². The van der Waals surface area contributed by atoms with Gasteiger partial charge in [0.15, 0.2) is 0 Å². The van der Waals surface area contributed by atoms with E-state index >= 15 is 0 Å². The third-order valence-electron chi connectivity index (χ3n) is 6.24. The Morgan fingerprint density at radius 3 is 2.47 bits per heavy atom. The minimum atomic E-state index is -0.606. The predicted octanol–water partition coefficient (Wildman–Crippen LogP) is 2.71. The summed E-state index contributed by atoms with van der Waals surface area (Å²) in [4.78, 5) is 41.3. The zero-order valence-corrected chi connectivity index (χ0v) is 21.9. The number of ether oxygens (including phenoxy) is 2. The number of nitrogens with one attached hydrogen (secondary N) is 3. The van der Waals surface area contributed by atoms with Gasteiger partial charge in [-0.15, -0.1) is 11.8 Å². The molecule has 0 spiro atoms. The van der Waals surface area contributed by atoms with Crippen molar-refractivity contribution in [3.8, 4) is 11.5 Å². The van der Waals surface area contributed by atoms with Gasteiger partial charge in [-0.2, -0.15) is 0 Å². The monoisotopic (exact) mass is 533 g/mol. The number of halogens is 1. The molecule has 2 aliphatic rings. The zero-order valence-electron chi connectivity index (χ0n) is 20.3. The number of urea groups is 1. The van der Waals surface area contributed by atoms with Crippen LogP contribution in [-0.2, 0) is 9.59 Å². The fourth-order valence-corrected chi connectivity index (χ4v) is 5.60. The van der Waals surface area contributed by atoms with Crippen LogP contribution in [-0.4, -0.2) is 73.3 Å². The molecule has 0 bridgehead atoms. The number of fused-ring (bicyclic) bond motifs is 1. The highest BCUT2D eigenvalue weighted by molar-refractivity contribution is 8.00. The Bertz CT molecular complexity index is 1150. The molecule has 2 aliphatic heterocycles. The van der Waals surface area contributed by atoms with Crippen molar-refractivity contribution in [1.82, 2.24) is 20.4 Å². The average Bonchev–Trinajstić information content (AvgIpc) is 2.89. The lowest BCUT2D eigenvalue weighted by molar-refractivity contribution is -0.140. The molecule has 4 rings (SSSR count). The molecule has 2 heterocycles. The minimum Gasteiger partial charge on any atom is -0.497 e. The number of hydrogen-bond acceptors (Lipinski definition) is 8. The van der Waals surface area contributed by atoms with Gasteiger partial charge in [0.2, 0.25) is 11.8 Å². The van der Waals surface area contributed by atoms with Crippen LogP contribution in [0.5, 0.6) is 11.5 Å². The lowest BCUT2D eigenvalue weighted by Gasteiger charge is -2.50. The first-order valence-corrected chi connectivity index (χ1v) is 12.6. The Hall–Kier alpha value is -2.99. The second-order valence-corrected chi connectivity index (χ2v) is 9.99. The van der Waals surface area contributed by atoms with E-state index in [1.54, 1.807) is 32.4 Å². The molecule has 4 atom stereocenters. The molecule has 2 aromatic rings. The fraction of sp³-hybridized carbons (Fsp3) is 0.375. The second-order valence-electron chi connectivity index (χ2n) is 8.43. The van der Waals surface area contributed by atoms with E-state index in [0.717, 1.165) is 10.5 Å². The van der Waals surface area contributed by atoms with Gasteiger partial charge in [-0.25, -0.2) is 4.79 Å². The molecule has 2 aromatic carbocycles. The van der Waals surface area contributed by atoms with Crippen LogP contribution >= 0.6 is 23.4 Å². The number of nitrogens with zero attached hydrogens (tertiary/aromatic N) is 2. The molecule has 0 radical (unpaired) electrons. The standard InChI is InChI=1S/C24H28ClN5O5S/c1-29-21-19(23(32)30(2)24(29)33)22(28-20(27-21)13-5-8-15(34-3)9-6-13)36-12-18(31)26-16-11-14(25)7-10-17(16)35-4/h5-11,19-22,27-28H,12H2,1-4H3,(H,26,31). The third kappa shape index (κ3) is 5.24. The summed E-state index contributed by atoms with van der Waals surface area (Å²) in [5.74, 6) is 0.0614. The summed E-state index contributed by atoms with van der Waals surface area (Å²) in [6, 6.07) is 12.1. The van der Waals surface area contributed by atoms with Crippen LogP contribution in [0.3, 0.4) is 0 Å². The van der Waals surface area contributed by atoms with Gasteiger partial charge in [-0.05, 0) is 35.9 Å². The van der Waals surface area contributed by atoms with E-state index in [-0.39, 0.29) is 23.7 Å². The highest BCUT2D eigenvalue weighted by Crippen LogP contribution is 2.35. The maximum atomic E-state index is 13.1. The normalized spacial score (nSPS) is 23.8. The van der Waals surface area contributed by atoms with Crippen LogP contribution in [0.15, 0.2) is 42.5 Å². The quantitative estimate of drug-likeness (QED) is 0.498. The highest BCUT2D eigenvalue weighted by Gasteiger charge is 2.51. The summed E-state index contributed by atoms with van der Waals surface area (Å²) in [6.07, 6.45) is -0.916. The van der Waals surface area contributed by atoms with Gasteiger partial charge < -0.3 is 19.7 Å². The number of methoxy groups -OCH3 is 2. The zero-order chi connectivity index (χ0) is 26.0. The van der Waals surface area contributed by atoms with E-state index in [2.05, 4.69) is 16.0 Å². The second kappa shape index (κ2) is 11.0. The summed E-state index contributed by atoms with van der Waals surface area (Å²) < 4.78 is 10.5. The van der Waals surface area contributed by atoms with Crippen LogP contribution in [0, 0.1) is 5.92 Å². The average molecular weight is 534 g/mol.